The number of tetrazole rings is 1. The predicted molar refractivity (Wildman–Crippen MR) is 81.9 cm³/mol. The molecule has 3 aromatic rings. The van der Waals surface area contributed by atoms with Crippen LogP contribution in [0.25, 0.3) is 11.4 Å². The molecule has 3 rings (SSSR count). The Hall–Kier alpha value is -2.60. The Balaban J connectivity index is 1.77. The molecule has 112 valence electrons. The molecule has 0 radical (unpaired) electrons. The van der Waals surface area contributed by atoms with Gasteiger partial charge in [-0.1, -0.05) is 29.3 Å². The Kier molecular flexibility index (Phi) is 3.93. The summed E-state index contributed by atoms with van der Waals surface area (Å²) < 4.78 is 0. The Bertz CT molecular complexity index is 749. The summed E-state index contributed by atoms with van der Waals surface area (Å²) in [6.45, 7) is 4.28. The van der Waals surface area contributed by atoms with Gasteiger partial charge in [0.25, 0.3) is 0 Å². The molecule has 1 atom stereocenters. The average Bonchev–Trinajstić information content (AvgIpc) is 2.95. The zero-order valence-electron chi connectivity index (χ0n) is 12.5. The Morgan fingerprint density at radius 1 is 1.18 bits per heavy atom. The van der Waals surface area contributed by atoms with Gasteiger partial charge in [0.1, 0.15) is 6.10 Å². The number of aliphatic hydroxyl groups excluding tert-OH is 1. The molecular weight excluding hydrogens is 278 g/mol. The molecule has 2 heterocycles. The van der Waals surface area contributed by atoms with E-state index >= 15 is 0 Å². The van der Waals surface area contributed by atoms with Gasteiger partial charge in [0, 0.05) is 18.0 Å². The number of nitrogens with zero attached hydrogens (tertiary/aromatic N) is 5. The van der Waals surface area contributed by atoms with E-state index in [9.17, 15) is 5.11 Å². The number of hydrogen-bond acceptors (Lipinski definition) is 5. The third-order valence-corrected chi connectivity index (χ3v) is 3.34. The Labute approximate surface area is 128 Å². The van der Waals surface area contributed by atoms with Crippen molar-refractivity contribution in [3.8, 4) is 11.4 Å². The van der Waals surface area contributed by atoms with E-state index in [0.717, 1.165) is 22.3 Å². The molecule has 6 nitrogen and oxygen atoms in total. The van der Waals surface area contributed by atoms with Gasteiger partial charge in [-0.15, -0.1) is 10.2 Å². The first-order valence-electron chi connectivity index (χ1n) is 7.06. The van der Waals surface area contributed by atoms with Crippen molar-refractivity contribution in [1.82, 2.24) is 25.2 Å². The van der Waals surface area contributed by atoms with E-state index in [1.54, 1.807) is 12.4 Å². The molecular formula is C16H17N5O. The highest BCUT2D eigenvalue weighted by molar-refractivity contribution is 5.51. The molecule has 6 heteroatoms. The van der Waals surface area contributed by atoms with Crippen molar-refractivity contribution >= 4 is 0 Å². The van der Waals surface area contributed by atoms with E-state index in [1.807, 2.05) is 38.1 Å². The highest BCUT2D eigenvalue weighted by Gasteiger charge is 2.13. The highest BCUT2D eigenvalue weighted by atomic mass is 16.3. The SMILES string of the molecule is Cc1cc(C)cc(C(O)Cn2nnc(-c3cccnc3)n2)c1. The summed E-state index contributed by atoms with van der Waals surface area (Å²) in [5.74, 6) is 0.501. The molecule has 0 fully saturated rings. The molecule has 1 aromatic carbocycles. The molecule has 22 heavy (non-hydrogen) atoms. The predicted octanol–water partition coefficient (Wildman–Crippen LogP) is 2.09. The summed E-state index contributed by atoms with van der Waals surface area (Å²) in [5, 5.41) is 22.6. The van der Waals surface area contributed by atoms with Crippen LogP contribution in [0.3, 0.4) is 0 Å². The minimum absolute atomic E-state index is 0.260. The maximum atomic E-state index is 10.4. The van der Waals surface area contributed by atoms with E-state index in [1.165, 1.54) is 4.80 Å². The highest BCUT2D eigenvalue weighted by Crippen LogP contribution is 2.18. The molecule has 0 aliphatic heterocycles. The zero-order chi connectivity index (χ0) is 15.5. The van der Waals surface area contributed by atoms with Crippen molar-refractivity contribution in [2.75, 3.05) is 0 Å². The van der Waals surface area contributed by atoms with Crippen LogP contribution < -0.4 is 0 Å². The van der Waals surface area contributed by atoms with Crippen molar-refractivity contribution in [3.05, 3.63) is 59.4 Å². The van der Waals surface area contributed by atoms with Gasteiger partial charge >= 0.3 is 0 Å². The van der Waals surface area contributed by atoms with Gasteiger partial charge in [0.2, 0.25) is 5.82 Å². The molecule has 1 N–H and O–H groups in total. The van der Waals surface area contributed by atoms with Crippen molar-refractivity contribution in [1.29, 1.82) is 0 Å². The van der Waals surface area contributed by atoms with Crippen molar-refractivity contribution in [3.63, 3.8) is 0 Å². The fourth-order valence-electron chi connectivity index (χ4n) is 2.39. The second-order valence-electron chi connectivity index (χ2n) is 5.35. The maximum absolute atomic E-state index is 10.4. The normalized spacial score (nSPS) is 12.3. The monoisotopic (exact) mass is 295 g/mol. The first-order valence-corrected chi connectivity index (χ1v) is 7.06. The van der Waals surface area contributed by atoms with Crippen LogP contribution in [-0.4, -0.2) is 30.3 Å². The molecule has 0 aliphatic carbocycles. The maximum Gasteiger partial charge on any atom is 0.206 e. The number of aromatic nitrogens is 5. The fraction of sp³-hybridized carbons (Fsp3) is 0.250. The first kappa shape index (κ1) is 14.3. The lowest BCUT2D eigenvalue weighted by atomic mass is 10.0. The summed E-state index contributed by atoms with van der Waals surface area (Å²) >= 11 is 0. The van der Waals surface area contributed by atoms with Crippen molar-refractivity contribution in [2.45, 2.75) is 26.5 Å². The molecule has 0 bridgehead atoms. The van der Waals surface area contributed by atoms with Crippen molar-refractivity contribution < 1.29 is 5.11 Å². The van der Waals surface area contributed by atoms with Gasteiger partial charge in [-0.05, 0) is 36.8 Å². The van der Waals surface area contributed by atoms with Crippen LogP contribution in [0.2, 0.25) is 0 Å². The van der Waals surface area contributed by atoms with Crippen LogP contribution >= 0.6 is 0 Å². The third-order valence-electron chi connectivity index (χ3n) is 3.34. The lowest BCUT2D eigenvalue weighted by Gasteiger charge is -2.11. The molecule has 0 aliphatic rings. The van der Waals surface area contributed by atoms with E-state index in [-0.39, 0.29) is 6.54 Å². The van der Waals surface area contributed by atoms with Crippen LogP contribution in [0.4, 0.5) is 0 Å². The number of hydrogen-bond donors (Lipinski definition) is 1. The van der Waals surface area contributed by atoms with Crippen LogP contribution in [0.15, 0.2) is 42.7 Å². The largest absolute Gasteiger partial charge is 0.386 e. The Morgan fingerprint density at radius 3 is 2.64 bits per heavy atom. The number of pyridine rings is 1. The smallest absolute Gasteiger partial charge is 0.206 e. The lowest BCUT2D eigenvalue weighted by Crippen LogP contribution is -2.12. The molecule has 1 unspecified atom stereocenters. The van der Waals surface area contributed by atoms with E-state index in [0.29, 0.717) is 5.82 Å². The van der Waals surface area contributed by atoms with Gasteiger partial charge in [0.15, 0.2) is 0 Å². The van der Waals surface area contributed by atoms with Gasteiger partial charge in [0.05, 0.1) is 6.54 Å². The topological polar surface area (TPSA) is 76.7 Å². The minimum Gasteiger partial charge on any atom is -0.386 e. The molecule has 2 aromatic heterocycles. The number of aliphatic hydroxyl groups is 1. The van der Waals surface area contributed by atoms with E-state index in [4.69, 9.17) is 0 Å². The van der Waals surface area contributed by atoms with E-state index in [2.05, 4.69) is 26.5 Å². The summed E-state index contributed by atoms with van der Waals surface area (Å²) in [6, 6.07) is 9.70. The summed E-state index contributed by atoms with van der Waals surface area (Å²) in [4.78, 5) is 5.44. The van der Waals surface area contributed by atoms with Crippen molar-refractivity contribution in [2.24, 2.45) is 0 Å². The molecule has 0 saturated carbocycles. The van der Waals surface area contributed by atoms with Crippen LogP contribution in [0.5, 0.6) is 0 Å². The van der Waals surface area contributed by atoms with Crippen LogP contribution in [0.1, 0.15) is 22.8 Å². The fourth-order valence-corrected chi connectivity index (χ4v) is 2.39. The number of benzene rings is 1. The average molecular weight is 295 g/mol. The quantitative estimate of drug-likeness (QED) is 0.797. The van der Waals surface area contributed by atoms with Gasteiger partial charge in [-0.2, -0.15) is 4.80 Å². The van der Waals surface area contributed by atoms with Gasteiger partial charge in [-0.3, -0.25) is 4.98 Å². The van der Waals surface area contributed by atoms with E-state index < -0.39 is 6.10 Å². The zero-order valence-corrected chi connectivity index (χ0v) is 12.5. The second-order valence-corrected chi connectivity index (χ2v) is 5.35. The molecule has 0 amide bonds. The van der Waals surface area contributed by atoms with Crippen LogP contribution in [-0.2, 0) is 6.54 Å². The van der Waals surface area contributed by atoms with Gasteiger partial charge < -0.3 is 5.11 Å². The van der Waals surface area contributed by atoms with Crippen LogP contribution in [0, 0.1) is 13.8 Å². The lowest BCUT2D eigenvalue weighted by molar-refractivity contribution is 0.144. The standard InChI is InChI=1S/C16H17N5O/c1-11-6-12(2)8-14(7-11)15(22)10-21-19-16(18-20-21)13-4-3-5-17-9-13/h3-9,15,22H,10H2,1-2H3. The Morgan fingerprint density at radius 2 is 1.95 bits per heavy atom. The molecule has 0 saturated heterocycles. The number of rotatable bonds is 4. The second kappa shape index (κ2) is 6.03. The first-order chi connectivity index (χ1) is 10.6. The summed E-state index contributed by atoms with van der Waals surface area (Å²) in [6.07, 6.45) is 2.70. The summed E-state index contributed by atoms with van der Waals surface area (Å²) in [7, 11) is 0. The van der Waals surface area contributed by atoms with Gasteiger partial charge in [-0.25, -0.2) is 0 Å². The minimum atomic E-state index is -0.672. The summed E-state index contributed by atoms with van der Waals surface area (Å²) in [5.41, 5.74) is 3.90. The third kappa shape index (κ3) is 3.17. The molecule has 0 spiro atoms. The number of aryl methyl sites for hydroxylation is 2.